The predicted molar refractivity (Wildman–Crippen MR) is 168 cm³/mol. The largest absolute Gasteiger partial charge is 0.493 e. The van der Waals surface area contributed by atoms with Crippen molar-refractivity contribution in [3.8, 4) is 11.5 Å². The Labute approximate surface area is 263 Å². The number of rotatable bonds is 20. The third-order valence-corrected chi connectivity index (χ3v) is 9.08. The Morgan fingerprint density at radius 3 is 1.32 bits per heavy atom. The van der Waals surface area contributed by atoms with Crippen molar-refractivity contribution in [2.24, 2.45) is 11.8 Å². The van der Waals surface area contributed by atoms with Crippen LogP contribution in [-0.2, 0) is 19.1 Å². The number of halogens is 2. The Hall–Kier alpha value is -2.38. The molecule has 0 amide bonds. The minimum absolute atomic E-state index is 0.193. The minimum atomic E-state index is -1.51. The second-order valence-corrected chi connectivity index (χ2v) is 12.9. The summed E-state index contributed by atoms with van der Waals surface area (Å²) >= 11 is 0. The highest BCUT2D eigenvalue weighted by Gasteiger charge is 2.29. The summed E-state index contributed by atoms with van der Waals surface area (Å²) in [5.41, 5.74) is 0. The van der Waals surface area contributed by atoms with Crippen molar-refractivity contribution < 1.29 is 37.3 Å². The van der Waals surface area contributed by atoms with Crippen molar-refractivity contribution >= 4 is 11.9 Å². The number of unbranched alkanes of at least 4 members (excludes halogenated alkanes) is 6. The number of esters is 2. The quantitative estimate of drug-likeness (QED) is 0.107. The summed E-state index contributed by atoms with van der Waals surface area (Å²) in [6, 6.07) is 7.65. The topological polar surface area (TPSA) is 71.1 Å². The van der Waals surface area contributed by atoms with E-state index in [-0.39, 0.29) is 25.0 Å². The van der Waals surface area contributed by atoms with Gasteiger partial charge >= 0.3 is 11.9 Å². The molecule has 0 N–H and O–H groups in total. The van der Waals surface area contributed by atoms with Gasteiger partial charge in [0.05, 0.1) is 13.2 Å². The fraction of sp³-hybridized carbons (Fsp3) is 0.778. The van der Waals surface area contributed by atoms with Crippen LogP contribution in [0.25, 0.3) is 0 Å². The molecule has 2 aliphatic carbocycles. The molecule has 0 saturated heterocycles. The summed E-state index contributed by atoms with van der Waals surface area (Å²) in [7, 11) is 0. The average molecular weight is 623 g/mol. The van der Waals surface area contributed by atoms with Crippen LogP contribution in [0.2, 0.25) is 0 Å². The summed E-state index contributed by atoms with van der Waals surface area (Å²) in [5, 5.41) is 0. The van der Waals surface area contributed by atoms with Gasteiger partial charge in [0.15, 0.2) is 12.3 Å². The molecule has 0 aliphatic heterocycles. The molecule has 2 fully saturated rings. The van der Waals surface area contributed by atoms with E-state index in [1.807, 2.05) is 24.3 Å². The van der Waals surface area contributed by atoms with E-state index in [2.05, 4.69) is 13.8 Å². The van der Waals surface area contributed by atoms with E-state index in [0.717, 1.165) is 114 Å². The van der Waals surface area contributed by atoms with E-state index in [1.54, 1.807) is 0 Å². The normalized spacial score (nSPS) is 23.4. The highest BCUT2D eigenvalue weighted by molar-refractivity contribution is 5.75. The summed E-state index contributed by atoms with van der Waals surface area (Å²) < 4.78 is 51.2. The molecule has 44 heavy (non-hydrogen) atoms. The molecule has 250 valence electrons. The van der Waals surface area contributed by atoms with Crippen LogP contribution in [0.4, 0.5) is 8.78 Å². The first-order valence-electron chi connectivity index (χ1n) is 17.4. The molecular formula is C36H56F2O6. The molecule has 8 heteroatoms. The van der Waals surface area contributed by atoms with Crippen LogP contribution in [0, 0.1) is 11.8 Å². The summed E-state index contributed by atoms with van der Waals surface area (Å²) in [6.07, 6.45) is 11.3. The van der Waals surface area contributed by atoms with E-state index in [4.69, 9.17) is 18.9 Å². The fourth-order valence-electron chi connectivity index (χ4n) is 6.11. The lowest BCUT2D eigenvalue weighted by atomic mass is 9.88. The zero-order valence-corrected chi connectivity index (χ0v) is 27.1. The summed E-state index contributed by atoms with van der Waals surface area (Å²) in [4.78, 5) is 24.2. The number of benzene rings is 1. The van der Waals surface area contributed by atoms with Gasteiger partial charge in [-0.3, -0.25) is 0 Å². The number of hydrogen-bond acceptors (Lipinski definition) is 6. The highest BCUT2D eigenvalue weighted by atomic mass is 19.1. The highest BCUT2D eigenvalue weighted by Crippen LogP contribution is 2.30. The van der Waals surface area contributed by atoms with Gasteiger partial charge in [-0.15, -0.1) is 0 Å². The number of alkyl halides is 2. The van der Waals surface area contributed by atoms with Gasteiger partial charge < -0.3 is 18.9 Å². The average Bonchev–Trinajstić information content (AvgIpc) is 3.04. The van der Waals surface area contributed by atoms with Crippen molar-refractivity contribution in [3.63, 3.8) is 0 Å². The first kappa shape index (κ1) is 36.1. The van der Waals surface area contributed by atoms with E-state index in [1.165, 1.54) is 0 Å². The molecule has 2 aliphatic rings. The molecule has 1 aromatic rings. The van der Waals surface area contributed by atoms with Crippen LogP contribution in [0.1, 0.15) is 129 Å². The summed E-state index contributed by atoms with van der Waals surface area (Å²) in [5.74, 6) is 0.939. The van der Waals surface area contributed by atoms with Crippen LogP contribution in [0.3, 0.4) is 0 Å². The lowest BCUT2D eigenvalue weighted by Crippen LogP contribution is -2.30. The molecule has 0 bridgehead atoms. The van der Waals surface area contributed by atoms with Gasteiger partial charge in [-0.2, -0.15) is 0 Å². The van der Waals surface area contributed by atoms with Crippen molar-refractivity contribution in [1.29, 1.82) is 0 Å². The SMILES string of the molecule is CCCCCCC(F)C(=O)OC1CCC(COc2ccc(OCC3CCC(OC(=O)C(F)CCCCCC)CC3)cc2)CC1. The van der Waals surface area contributed by atoms with Crippen LogP contribution < -0.4 is 9.47 Å². The van der Waals surface area contributed by atoms with E-state index < -0.39 is 24.3 Å². The smallest absolute Gasteiger partial charge is 0.340 e. The lowest BCUT2D eigenvalue weighted by Gasteiger charge is -2.29. The molecule has 2 atom stereocenters. The first-order valence-corrected chi connectivity index (χ1v) is 17.4. The van der Waals surface area contributed by atoms with Crippen molar-refractivity contribution in [2.45, 2.75) is 154 Å². The second-order valence-electron chi connectivity index (χ2n) is 12.9. The number of carbonyl (C=O) groups excluding carboxylic acids is 2. The van der Waals surface area contributed by atoms with Crippen molar-refractivity contribution in [3.05, 3.63) is 24.3 Å². The van der Waals surface area contributed by atoms with Gasteiger partial charge in [0, 0.05) is 0 Å². The van der Waals surface area contributed by atoms with Crippen LogP contribution in [-0.4, -0.2) is 49.7 Å². The molecule has 3 rings (SSSR count). The van der Waals surface area contributed by atoms with Gasteiger partial charge in [0.25, 0.3) is 0 Å². The van der Waals surface area contributed by atoms with E-state index in [0.29, 0.717) is 25.0 Å². The maximum absolute atomic E-state index is 14.1. The fourth-order valence-corrected chi connectivity index (χ4v) is 6.11. The van der Waals surface area contributed by atoms with Gasteiger partial charge in [-0.05, 0) is 113 Å². The molecular weight excluding hydrogens is 566 g/mol. The number of ether oxygens (including phenoxy) is 4. The second kappa shape index (κ2) is 20.6. The molecule has 6 nitrogen and oxygen atoms in total. The Balaban J connectivity index is 1.24. The Bertz CT molecular complexity index is 850. The Morgan fingerprint density at radius 2 is 0.977 bits per heavy atom. The van der Waals surface area contributed by atoms with Gasteiger partial charge in [-0.1, -0.05) is 52.4 Å². The molecule has 0 radical (unpaired) electrons. The van der Waals surface area contributed by atoms with Gasteiger partial charge in [0.1, 0.15) is 23.7 Å². The monoisotopic (exact) mass is 622 g/mol. The Morgan fingerprint density at radius 1 is 0.614 bits per heavy atom. The Kier molecular flexibility index (Phi) is 16.9. The predicted octanol–water partition coefficient (Wildman–Crippen LogP) is 9.27. The van der Waals surface area contributed by atoms with Crippen LogP contribution >= 0.6 is 0 Å². The molecule has 2 unspecified atom stereocenters. The molecule has 0 heterocycles. The molecule has 1 aromatic carbocycles. The lowest BCUT2D eigenvalue weighted by molar-refractivity contribution is -0.158. The van der Waals surface area contributed by atoms with Crippen LogP contribution in [0.15, 0.2) is 24.3 Å². The molecule has 0 spiro atoms. The zero-order valence-electron chi connectivity index (χ0n) is 27.1. The zero-order chi connectivity index (χ0) is 31.6. The van der Waals surface area contributed by atoms with Gasteiger partial charge in [-0.25, -0.2) is 18.4 Å². The van der Waals surface area contributed by atoms with E-state index >= 15 is 0 Å². The maximum Gasteiger partial charge on any atom is 0.340 e. The molecule has 2 saturated carbocycles. The standard InChI is InChI=1S/C36H56F2O6/c1-3-5-7-9-11-33(37)35(39)43-31-17-13-27(14-18-31)25-41-29-21-23-30(24-22-29)42-26-28-15-19-32(20-16-28)44-36(40)34(38)12-10-8-6-4-2/h21-24,27-28,31-34H,3-20,25-26H2,1-2H3. The summed E-state index contributed by atoms with van der Waals surface area (Å²) in [6.45, 7) is 5.41. The number of hydrogen-bond donors (Lipinski definition) is 0. The first-order chi connectivity index (χ1) is 21.4. The van der Waals surface area contributed by atoms with Crippen molar-refractivity contribution in [1.82, 2.24) is 0 Å². The molecule has 0 aromatic heterocycles. The van der Waals surface area contributed by atoms with Crippen LogP contribution in [0.5, 0.6) is 11.5 Å². The maximum atomic E-state index is 14.1. The number of carbonyl (C=O) groups is 2. The van der Waals surface area contributed by atoms with Crippen molar-refractivity contribution in [2.75, 3.05) is 13.2 Å². The minimum Gasteiger partial charge on any atom is -0.493 e. The van der Waals surface area contributed by atoms with Gasteiger partial charge in [0.2, 0.25) is 0 Å². The third kappa shape index (κ3) is 13.7. The third-order valence-electron chi connectivity index (χ3n) is 9.08. The van der Waals surface area contributed by atoms with E-state index in [9.17, 15) is 18.4 Å².